The van der Waals surface area contributed by atoms with E-state index in [1.165, 1.54) is 0 Å². The van der Waals surface area contributed by atoms with Crippen LogP contribution in [0, 0.1) is 0 Å². The highest BCUT2D eigenvalue weighted by atomic mass is 16.5. The summed E-state index contributed by atoms with van der Waals surface area (Å²) in [5.74, 6) is 1.62. The highest BCUT2D eigenvalue weighted by Crippen LogP contribution is 2.17. The van der Waals surface area contributed by atoms with Gasteiger partial charge in [-0.25, -0.2) is 0 Å². The van der Waals surface area contributed by atoms with Gasteiger partial charge >= 0.3 is 0 Å². The molecule has 2 N–H and O–H groups in total. The fraction of sp³-hybridized carbons (Fsp3) is 0.308. The van der Waals surface area contributed by atoms with Crippen molar-refractivity contribution in [1.82, 2.24) is 10.6 Å². The second kappa shape index (κ2) is 7.33. The number of aliphatic imine (C=N–C) groups is 1. The molecule has 0 heterocycles. The predicted molar refractivity (Wildman–Crippen MR) is 71.4 cm³/mol. The topological polar surface area (TPSA) is 45.6 Å². The third kappa shape index (κ3) is 4.18. The van der Waals surface area contributed by atoms with Crippen molar-refractivity contribution in [2.24, 2.45) is 4.99 Å². The molecule has 0 aromatic heterocycles. The van der Waals surface area contributed by atoms with E-state index in [9.17, 15) is 0 Å². The van der Waals surface area contributed by atoms with E-state index in [0.29, 0.717) is 13.2 Å². The summed E-state index contributed by atoms with van der Waals surface area (Å²) in [6.45, 7) is 4.82. The van der Waals surface area contributed by atoms with E-state index in [2.05, 4.69) is 22.2 Å². The maximum absolute atomic E-state index is 5.57. The minimum atomic E-state index is 0.512. The third-order valence-corrected chi connectivity index (χ3v) is 2.24. The summed E-state index contributed by atoms with van der Waals surface area (Å²) in [5.41, 5.74) is 1.09. The number of guanidine groups is 1. The van der Waals surface area contributed by atoms with Crippen LogP contribution in [0.15, 0.2) is 41.9 Å². The number of rotatable bonds is 5. The molecular weight excluding hydrogens is 214 g/mol. The van der Waals surface area contributed by atoms with E-state index in [4.69, 9.17) is 4.74 Å². The van der Waals surface area contributed by atoms with Crippen LogP contribution in [0.25, 0.3) is 0 Å². The lowest BCUT2D eigenvalue weighted by Crippen LogP contribution is -2.34. The molecule has 4 heteroatoms. The molecule has 17 heavy (non-hydrogen) atoms. The largest absolute Gasteiger partial charge is 0.489 e. The van der Waals surface area contributed by atoms with Crippen molar-refractivity contribution in [2.75, 3.05) is 20.7 Å². The maximum atomic E-state index is 5.57. The first kappa shape index (κ1) is 13.1. The molecule has 0 saturated carbocycles. The van der Waals surface area contributed by atoms with Gasteiger partial charge in [-0.2, -0.15) is 0 Å². The minimum absolute atomic E-state index is 0.512. The van der Waals surface area contributed by atoms with Gasteiger partial charge in [0.25, 0.3) is 0 Å². The fourth-order valence-electron chi connectivity index (χ4n) is 1.40. The quantitative estimate of drug-likeness (QED) is 0.461. The molecule has 0 aliphatic rings. The van der Waals surface area contributed by atoms with Crippen molar-refractivity contribution >= 4 is 5.96 Å². The Bertz CT molecular complexity index is 388. The molecule has 0 aliphatic carbocycles. The summed E-state index contributed by atoms with van der Waals surface area (Å²) < 4.78 is 5.57. The molecule has 0 radical (unpaired) electrons. The van der Waals surface area contributed by atoms with Crippen molar-refractivity contribution in [2.45, 2.75) is 6.54 Å². The molecule has 0 unspecified atom stereocenters. The number of hydrogen-bond acceptors (Lipinski definition) is 2. The average Bonchev–Trinajstić information content (AvgIpc) is 2.38. The zero-order chi connectivity index (χ0) is 12.5. The highest BCUT2D eigenvalue weighted by molar-refractivity contribution is 5.79. The Morgan fingerprint density at radius 3 is 2.88 bits per heavy atom. The lowest BCUT2D eigenvalue weighted by molar-refractivity contribution is 0.358. The molecule has 4 nitrogen and oxygen atoms in total. The van der Waals surface area contributed by atoms with Crippen molar-refractivity contribution in [3.63, 3.8) is 0 Å². The number of hydrogen-bond donors (Lipinski definition) is 2. The van der Waals surface area contributed by atoms with Gasteiger partial charge in [0.05, 0.1) is 0 Å². The van der Waals surface area contributed by atoms with Gasteiger partial charge in [0.2, 0.25) is 0 Å². The van der Waals surface area contributed by atoms with Crippen molar-refractivity contribution < 1.29 is 4.74 Å². The smallest absolute Gasteiger partial charge is 0.190 e. The lowest BCUT2D eigenvalue weighted by Gasteiger charge is -2.12. The van der Waals surface area contributed by atoms with Gasteiger partial charge in [0.15, 0.2) is 5.96 Å². The average molecular weight is 233 g/mol. The normalized spacial score (nSPS) is 10.8. The Morgan fingerprint density at radius 2 is 2.24 bits per heavy atom. The van der Waals surface area contributed by atoms with E-state index in [0.717, 1.165) is 17.3 Å². The first-order valence-electron chi connectivity index (χ1n) is 5.51. The van der Waals surface area contributed by atoms with Gasteiger partial charge in [0.1, 0.15) is 12.4 Å². The minimum Gasteiger partial charge on any atom is -0.489 e. The Labute approximate surface area is 102 Å². The number of benzene rings is 1. The van der Waals surface area contributed by atoms with Crippen molar-refractivity contribution in [3.8, 4) is 5.75 Å². The van der Waals surface area contributed by atoms with Crippen LogP contribution in [0.3, 0.4) is 0 Å². The van der Waals surface area contributed by atoms with Gasteiger partial charge in [-0.15, -0.1) is 0 Å². The zero-order valence-electron chi connectivity index (χ0n) is 10.4. The van der Waals surface area contributed by atoms with Crippen LogP contribution in [-0.4, -0.2) is 26.7 Å². The Hall–Kier alpha value is -1.97. The standard InChI is InChI=1S/C13H19N3O/c1-4-9-17-12-8-6-5-7-11(12)10-16-13(14-2)15-3/h4-8H,1,9-10H2,2-3H3,(H2,14,15,16). The monoisotopic (exact) mass is 233 g/mol. The van der Waals surface area contributed by atoms with Gasteiger partial charge in [0, 0.05) is 26.2 Å². The summed E-state index contributed by atoms with van der Waals surface area (Å²) in [5, 5.41) is 6.15. The summed E-state index contributed by atoms with van der Waals surface area (Å²) in [4.78, 5) is 4.05. The summed E-state index contributed by atoms with van der Waals surface area (Å²) in [6, 6.07) is 7.91. The Morgan fingerprint density at radius 1 is 1.47 bits per heavy atom. The van der Waals surface area contributed by atoms with Gasteiger partial charge in [-0.1, -0.05) is 30.9 Å². The van der Waals surface area contributed by atoms with E-state index in [-0.39, 0.29) is 0 Å². The Balaban J connectivity index is 2.66. The van der Waals surface area contributed by atoms with E-state index in [1.807, 2.05) is 31.3 Å². The SMILES string of the molecule is C=CCOc1ccccc1CNC(=NC)NC. The van der Waals surface area contributed by atoms with Crippen LogP contribution in [0.2, 0.25) is 0 Å². The maximum Gasteiger partial charge on any atom is 0.190 e. The molecule has 1 aromatic rings. The van der Waals surface area contributed by atoms with Crippen molar-refractivity contribution in [3.05, 3.63) is 42.5 Å². The van der Waals surface area contributed by atoms with Gasteiger partial charge < -0.3 is 15.4 Å². The second-order valence-corrected chi connectivity index (χ2v) is 3.38. The molecule has 0 amide bonds. The van der Waals surface area contributed by atoms with Crippen molar-refractivity contribution in [1.29, 1.82) is 0 Å². The molecule has 0 saturated heterocycles. The highest BCUT2D eigenvalue weighted by Gasteiger charge is 2.02. The first-order valence-corrected chi connectivity index (χ1v) is 5.51. The van der Waals surface area contributed by atoms with Crippen LogP contribution in [-0.2, 0) is 6.54 Å². The van der Waals surface area contributed by atoms with Crippen LogP contribution >= 0.6 is 0 Å². The van der Waals surface area contributed by atoms with E-state index < -0.39 is 0 Å². The molecule has 0 spiro atoms. The molecule has 1 aromatic carbocycles. The van der Waals surface area contributed by atoms with Crippen LogP contribution in [0.5, 0.6) is 5.75 Å². The summed E-state index contributed by atoms with van der Waals surface area (Å²) >= 11 is 0. The van der Waals surface area contributed by atoms with Gasteiger partial charge in [-0.05, 0) is 6.07 Å². The van der Waals surface area contributed by atoms with Crippen LogP contribution in [0.1, 0.15) is 5.56 Å². The molecule has 0 aliphatic heterocycles. The number of nitrogens with zero attached hydrogens (tertiary/aromatic N) is 1. The first-order chi connectivity index (χ1) is 8.31. The van der Waals surface area contributed by atoms with Crippen LogP contribution < -0.4 is 15.4 Å². The summed E-state index contributed by atoms with van der Waals surface area (Å²) in [6.07, 6.45) is 1.73. The molecule has 1 rings (SSSR count). The van der Waals surface area contributed by atoms with Gasteiger partial charge in [-0.3, -0.25) is 4.99 Å². The zero-order valence-corrected chi connectivity index (χ0v) is 10.4. The second-order valence-electron chi connectivity index (χ2n) is 3.38. The van der Waals surface area contributed by atoms with E-state index >= 15 is 0 Å². The van der Waals surface area contributed by atoms with Crippen LogP contribution in [0.4, 0.5) is 0 Å². The molecular formula is C13H19N3O. The number of para-hydroxylation sites is 1. The molecule has 92 valence electrons. The lowest BCUT2D eigenvalue weighted by atomic mass is 10.2. The predicted octanol–water partition coefficient (Wildman–Crippen LogP) is 1.55. The Kier molecular flexibility index (Phi) is 5.64. The summed E-state index contributed by atoms with van der Waals surface area (Å²) in [7, 11) is 3.56. The molecule has 0 atom stereocenters. The number of ether oxygens (including phenoxy) is 1. The molecule has 0 bridgehead atoms. The fourth-order valence-corrected chi connectivity index (χ4v) is 1.40. The third-order valence-electron chi connectivity index (χ3n) is 2.24. The molecule has 0 fully saturated rings. The van der Waals surface area contributed by atoms with E-state index in [1.54, 1.807) is 13.1 Å². The number of nitrogens with one attached hydrogen (secondary N) is 2.